The third-order valence-corrected chi connectivity index (χ3v) is 4.65. The van der Waals surface area contributed by atoms with Crippen LogP contribution in [-0.2, 0) is 18.0 Å². The van der Waals surface area contributed by atoms with Gasteiger partial charge in [0.05, 0.1) is 17.0 Å². The van der Waals surface area contributed by atoms with Gasteiger partial charge in [0.2, 0.25) is 0 Å². The Bertz CT molecular complexity index is 1030. The van der Waals surface area contributed by atoms with Crippen LogP contribution in [0.4, 0.5) is 13.2 Å². The Balaban J connectivity index is 1.67. The van der Waals surface area contributed by atoms with E-state index in [9.17, 15) is 23.1 Å². The Morgan fingerprint density at radius 3 is 2.52 bits per heavy atom. The molecule has 1 aliphatic carbocycles. The maximum atomic E-state index is 12.7. The van der Waals surface area contributed by atoms with Crippen LogP contribution in [0, 0.1) is 5.92 Å². The Labute approximate surface area is 152 Å². The van der Waals surface area contributed by atoms with Crippen LogP contribution in [0.2, 0.25) is 0 Å². The molecule has 2 aromatic carbocycles. The quantitative estimate of drug-likeness (QED) is 0.724. The number of aliphatic carboxylic acids is 1. The Morgan fingerprint density at radius 1 is 1.22 bits per heavy atom. The fraction of sp³-hybridized carbons (Fsp3) is 0.263. The highest BCUT2D eigenvalue weighted by atomic mass is 19.4. The average molecular weight is 376 g/mol. The number of hydrogen-bond acceptors (Lipinski definition) is 3. The van der Waals surface area contributed by atoms with Gasteiger partial charge in [0, 0.05) is 24.5 Å². The summed E-state index contributed by atoms with van der Waals surface area (Å²) < 4.78 is 45.4. The van der Waals surface area contributed by atoms with E-state index in [0.29, 0.717) is 17.7 Å². The molecule has 0 aliphatic heterocycles. The number of rotatable bonds is 4. The molecule has 3 aromatic rings. The summed E-state index contributed by atoms with van der Waals surface area (Å²) in [5, 5.41) is 14.4. The van der Waals surface area contributed by atoms with Gasteiger partial charge in [-0.2, -0.15) is 18.3 Å². The number of carboxylic acids is 1. The predicted molar refractivity (Wildman–Crippen MR) is 90.7 cm³/mol. The molecular formula is C19H15F3N2O3. The Morgan fingerprint density at radius 2 is 1.93 bits per heavy atom. The van der Waals surface area contributed by atoms with Crippen molar-refractivity contribution in [3.05, 3.63) is 53.7 Å². The number of nitrogens with zero attached hydrogens (tertiary/aromatic N) is 2. The molecule has 1 fully saturated rings. The van der Waals surface area contributed by atoms with Crippen LogP contribution < -0.4 is 4.74 Å². The summed E-state index contributed by atoms with van der Waals surface area (Å²) in [6, 6.07) is 7.89. The number of aryl methyl sites for hydroxylation is 1. The summed E-state index contributed by atoms with van der Waals surface area (Å²) in [6.45, 7) is 0. The van der Waals surface area contributed by atoms with Crippen LogP contribution in [0.1, 0.15) is 23.5 Å². The summed E-state index contributed by atoms with van der Waals surface area (Å²) in [6.07, 6.45) is -2.08. The lowest BCUT2D eigenvalue weighted by Gasteiger charge is -2.10. The third kappa shape index (κ3) is 3.34. The van der Waals surface area contributed by atoms with Gasteiger partial charge in [-0.25, -0.2) is 0 Å². The number of ether oxygens (including phenoxy) is 1. The summed E-state index contributed by atoms with van der Waals surface area (Å²) in [7, 11) is 1.77. The van der Waals surface area contributed by atoms with Crippen molar-refractivity contribution in [1.29, 1.82) is 0 Å². The van der Waals surface area contributed by atoms with Crippen LogP contribution in [-0.4, -0.2) is 20.9 Å². The van der Waals surface area contributed by atoms with E-state index >= 15 is 0 Å². The van der Waals surface area contributed by atoms with Crippen LogP contribution in [0.3, 0.4) is 0 Å². The number of aromatic nitrogens is 2. The maximum Gasteiger partial charge on any atom is 0.416 e. The van der Waals surface area contributed by atoms with Crippen molar-refractivity contribution < 1.29 is 27.8 Å². The number of benzene rings is 2. The summed E-state index contributed by atoms with van der Waals surface area (Å²) in [5.74, 6) is -0.741. The van der Waals surface area contributed by atoms with Crippen molar-refractivity contribution >= 4 is 16.9 Å². The molecule has 0 amide bonds. The lowest BCUT2D eigenvalue weighted by molar-refractivity contribution is -0.139. The normalized spacial score (nSPS) is 19.3. The molecule has 1 N–H and O–H groups in total. The van der Waals surface area contributed by atoms with Crippen LogP contribution in [0.15, 0.2) is 42.6 Å². The van der Waals surface area contributed by atoms with E-state index in [1.165, 1.54) is 12.1 Å². The zero-order chi connectivity index (χ0) is 19.3. The number of fused-ring (bicyclic) bond motifs is 1. The van der Waals surface area contributed by atoms with Gasteiger partial charge in [-0.3, -0.25) is 9.48 Å². The monoisotopic (exact) mass is 376 g/mol. The molecule has 1 aliphatic rings. The molecule has 4 rings (SSSR count). The molecule has 27 heavy (non-hydrogen) atoms. The molecular weight excluding hydrogens is 361 g/mol. The van der Waals surface area contributed by atoms with E-state index in [4.69, 9.17) is 4.74 Å². The summed E-state index contributed by atoms with van der Waals surface area (Å²) in [4.78, 5) is 11.2. The molecule has 8 heteroatoms. The number of carbonyl (C=O) groups is 1. The topological polar surface area (TPSA) is 64.3 Å². The van der Waals surface area contributed by atoms with E-state index in [2.05, 4.69) is 5.10 Å². The molecule has 140 valence electrons. The first-order valence-corrected chi connectivity index (χ1v) is 8.27. The van der Waals surface area contributed by atoms with Crippen molar-refractivity contribution in [3.63, 3.8) is 0 Å². The van der Waals surface area contributed by atoms with Gasteiger partial charge >= 0.3 is 12.1 Å². The SMILES string of the molecule is Cn1cc2cc(Oc3ccc(C(F)(F)F)cc3)cc([C@H]3C[C@@H]3C(=O)O)c2n1. The number of alkyl halides is 3. The van der Waals surface area contributed by atoms with Crippen molar-refractivity contribution in [3.8, 4) is 11.5 Å². The van der Waals surface area contributed by atoms with Gasteiger partial charge in [0.25, 0.3) is 0 Å². The predicted octanol–water partition coefficient (Wildman–Crippen LogP) is 4.57. The van der Waals surface area contributed by atoms with Crippen LogP contribution in [0.25, 0.3) is 10.9 Å². The number of hydrogen-bond donors (Lipinski definition) is 1. The molecule has 5 nitrogen and oxygen atoms in total. The van der Waals surface area contributed by atoms with E-state index < -0.39 is 23.6 Å². The molecule has 0 bridgehead atoms. The minimum absolute atomic E-state index is 0.143. The first-order chi connectivity index (χ1) is 12.7. The Kier molecular flexibility index (Phi) is 3.87. The second-order valence-corrected chi connectivity index (χ2v) is 6.66. The molecule has 1 saturated carbocycles. The highest BCUT2D eigenvalue weighted by Crippen LogP contribution is 2.50. The number of halogens is 3. The van der Waals surface area contributed by atoms with Crippen molar-refractivity contribution in [2.24, 2.45) is 13.0 Å². The highest BCUT2D eigenvalue weighted by Gasteiger charge is 2.45. The van der Waals surface area contributed by atoms with E-state index in [1.54, 1.807) is 30.1 Å². The van der Waals surface area contributed by atoms with Gasteiger partial charge in [0.15, 0.2) is 0 Å². The molecule has 1 heterocycles. The molecule has 0 radical (unpaired) electrons. The lowest BCUT2D eigenvalue weighted by Crippen LogP contribution is -2.04. The highest BCUT2D eigenvalue weighted by molar-refractivity contribution is 5.86. The minimum atomic E-state index is -4.40. The zero-order valence-corrected chi connectivity index (χ0v) is 14.2. The summed E-state index contributed by atoms with van der Waals surface area (Å²) in [5.41, 5.74) is 0.744. The second kappa shape index (κ2) is 6.00. The zero-order valence-electron chi connectivity index (χ0n) is 14.2. The van der Waals surface area contributed by atoms with Crippen LogP contribution >= 0.6 is 0 Å². The molecule has 0 unspecified atom stereocenters. The van der Waals surface area contributed by atoms with Gasteiger partial charge in [-0.1, -0.05) is 0 Å². The molecule has 0 saturated heterocycles. The van der Waals surface area contributed by atoms with E-state index in [-0.39, 0.29) is 11.7 Å². The maximum absolute atomic E-state index is 12.7. The number of carboxylic acid groups (broad SMARTS) is 1. The average Bonchev–Trinajstić information content (AvgIpc) is 3.29. The van der Waals surface area contributed by atoms with Crippen LogP contribution in [0.5, 0.6) is 11.5 Å². The first kappa shape index (κ1) is 17.4. The van der Waals surface area contributed by atoms with Crippen molar-refractivity contribution in [2.45, 2.75) is 18.5 Å². The van der Waals surface area contributed by atoms with Gasteiger partial charge in [-0.15, -0.1) is 0 Å². The molecule has 2 atom stereocenters. The fourth-order valence-electron chi connectivity index (χ4n) is 3.25. The van der Waals surface area contributed by atoms with E-state index in [0.717, 1.165) is 23.1 Å². The standard InChI is InChI=1S/C19H15F3N2O3/c1-24-9-10-6-13(27-12-4-2-11(3-5-12)19(20,21)22)7-15(17(10)23-24)14-8-16(14)18(25)26/h2-7,9,14,16H,8H2,1H3,(H,25,26)/t14-,16+/m1/s1. The second-order valence-electron chi connectivity index (χ2n) is 6.66. The fourth-order valence-corrected chi connectivity index (χ4v) is 3.25. The van der Waals surface area contributed by atoms with Crippen molar-refractivity contribution in [1.82, 2.24) is 9.78 Å². The third-order valence-electron chi connectivity index (χ3n) is 4.65. The van der Waals surface area contributed by atoms with Gasteiger partial charge in [-0.05, 0) is 48.4 Å². The first-order valence-electron chi connectivity index (χ1n) is 8.27. The van der Waals surface area contributed by atoms with Crippen molar-refractivity contribution in [2.75, 3.05) is 0 Å². The minimum Gasteiger partial charge on any atom is -0.481 e. The molecule has 1 aromatic heterocycles. The summed E-state index contributed by atoms with van der Waals surface area (Å²) >= 11 is 0. The Hall–Kier alpha value is -3.03. The van der Waals surface area contributed by atoms with E-state index in [1.807, 2.05) is 0 Å². The van der Waals surface area contributed by atoms with Gasteiger partial charge in [0.1, 0.15) is 11.5 Å². The van der Waals surface area contributed by atoms with Gasteiger partial charge < -0.3 is 9.84 Å². The molecule has 0 spiro atoms. The lowest BCUT2D eigenvalue weighted by atomic mass is 10.1. The largest absolute Gasteiger partial charge is 0.481 e. The smallest absolute Gasteiger partial charge is 0.416 e.